The molecule has 0 atom stereocenters. The molecule has 0 saturated heterocycles. The van der Waals surface area contributed by atoms with E-state index in [2.05, 4.69) is 5.32 Å². The van der Waals surface area contributed by atoms with E-state index in [4.69, 9.17) is 0 Å². The Bertz CT molecular complexity index is 830. The van der Waals surface area contributed by atoms with Gasteiger partial charge in [-0.15, -0.1) is 0 Å². The average Bonchev–Trinajstić information content (AvgIpc) is 2.87. The number of benzene rings is 2. The number of carbonyl (C=O) groups excluding carboxylic acids is 3. The molecule has 3 amide bonds. The van der Waals surface area contributed by atoms with Crippen molar-refractivity contribution in [2.75, 3.05) is 13.1 Å². The fraction of sp³-hybridized carbons (Fsp3) is 0.286. The highest BCUT2D eigenvalue weighted by Gasteiger charge is 2.34. The normalized spacial score (nSPS) is 13.0. The van der Waals surface area contributed by atoms with Crippen LogP contribution >= 0.6 is 0 Å². The molecule has 1 aliphatic rings. The highest BCUT2D eigenvalue weighted by molar-refractivity contribution is 6.21. The number of aryl methyl sites for hydroxylation is 1. The van der Waals surface area contributed by atoms with Gasteiger partial charge in [0, 0.05) is 19.5 Å². The van der Waals surface area contributed by atoms with Gasteiger partial charge in [0.1, 0.15) is 0 Å². The van der Waals surface area contributed by atoms with E-state index in [0.29, 0.717) is 30.5 Å². The summed E-state index contributed by atoms with van der Waals surface area (Å²) in [5, 5.41) is 2.88. The number of rotatable bonds is 7. The quantitative estimate of drug-likeness (QED) is 0.781. The van der Waals surface area contributed by atoms with Crippen LogP contribution in [0.4, 0.5) is 0 Å². The number of nitrogens with zero attached hydrogens (tertiary/aromatic N) is 1. The van der Waals surface area contributed by atoms with Crippen LogP contribution in [0.5, 0.6) is 0 Å². The standard InChI is InChI=1S/C21H22N2O3/c1-15-9-10-17-18(14-15)21(26)23(20(17)25)13-5-8-19(24)22-12-11-16-6-3-2-4-7-16/h2-4,6-7,9-10,14H,5,8,11-13H2,1H3,(H,22,24). The molecule has 5 heteroatoms. The van der Waals surface area contributed by atoms with Gasteiger partial charge >= 0.3 is 0 Å². The van der Waals surface area contributed by atoms with Crippen LogP contribution in [0.3, 0.4) is 0 Å². The van der Waals surface area contributed by atoms with Crippen molar-refractivity contribution >= 4 is 17.7 Å². The molecular weight excluding hydrogens is 328 g/mol. The van der Waals surface area contributed by atoms with E-state index in [1.165, 1.54) is 10.5 Å². The van der Waals surface area contributed by atoms with Gasteiger partial charge in [0.2, 0.25) is 5.91 Å². The zero-order chi connectivity index (χ0) is 18.5. The first-order chi connectivity index (χ1) is 12.6. The molecular formula is C21H22N2O3. The lowest BCUT2D eigenvalue weighted by Gasteiger charge is -2.13. The Morgan fingerprint density at radius 2 is 1.73 bits per heavy atom. The largest absolute Gasteiger partial charge is 0.356 e. The summed E-state index contributed by atoms with van der Waals surface area (Å²) >= 11 is 0. The number of hydrogen-bond acceptors (Lipinski definition) is 3. The summed E-state index contributed by atoms with van der Waals surface area (Å²) < 4.78 is 0. The van der Waals surface area contributed by atoms with Gasteiger partial charge in [-0.05, 0) is 37.5 Å². The number of amides is 3. The van der Waals surface area contributed by atoms with Gasteiger partial charge in [0.25, 0.3) is 11.8 Å². The zero-order valence-electron chi connectivity index (χ0n) is 14.8. The Labute approximate surface area is 153 Å². The zero-order valence-corrected chi connectivity index (χ0v) is 14.8. The van der Waals surface area contributed by atoms with Crippen LogP contribution in [0.2, 0.25) is 0 Å². The molecule has 1 heterocycles. The van der Waals surface area contributed by atoms with E-state index in [0.717, 1.165) is 12.0 Å². The highest BCUT2D eigenvalue weighted by Crippen LogP contribution is 2.24. The second kappa shape index (κ2) is 7.95. The molecule has 0 aliphatic carbocycles. The number of nitrogens with one attached hydrogen (secondary N) is 1. The van der Waals surface area contributed by atoms with Crippen molar-refractivity contribution in [3.63, 3.8) is 0 Å². The molecule has 1 N–H and O–H groups in total. The second-order valence-corrected chi connectivity index (χ2v) is 6.50. The van der Waals surface area contributed by atoms with Gasteiger partial charge in [-0.2, -0.15) is 0 Å². The van der Waals surface area contributed by atoms with Crippen LogP contribution in [0, 0.1) is 6.92 Å². The maximum Gasteiger partial charge on any atom is 0.261 e. The summed E-state index contributed by atoms with van der Waals surface area (Å²) in [4.78, 5) is 37.9. The molecule has 2 aromatic carbocycles. The molecule has 0 aromatic heterocycles. The van der Waals surface area contributed by atoms with Crippen LogP contribution in [0.15, 0.2) is 48.5 Å². The lowest BCUT2D eigenvalue weighted by atomic mass is 10.1. The SMILES string of the molecule is Cc1ccc2c(c1)C(=O)N(CCCC(=O)NCCc1ccccc1)C2=O. The Balaban J connectivity index is 1.43. The molecule has 3 rings (SSSR count). The van der Waals surface area contributed by atoms with Crippen molar-refractivity contribution in [2.45, 2.75) is 26.2 Å². The van der Waals surface area contributed by atoms with Crippen molar-refractivity contribution in [1.82, 2.24) is 10.2 Å². The van der Waals surface area contributed by atoms with Gasteiger partial charge in [-0.1, -0.05) is 42.0 Å². The van der Waals surface area contributed by atoms with Crippen LogP contribution in [0.1, 0.15) is 44.7 Å². The average molecular weight is 350 g/mol. The van der Waals surface area contributed by atoms with E-state index in [-0.39, 0.29) is 24.3 Å². The van der Waals surface area contributed by atoms with Gasteiger partial charge in [-0.25, -0.2) is 0 Å². The van der Waals surface area contributed by atoms with Crippen LogP contribution < -0.4 is 5.32 Å². The molecule has 134 valence electrons. The third-order valence-corrected chi connectivity index (χ3v) is 4.49. The number of fused-ring (bicyclic) bond motifs is 1. The van der Waals surface area contributed by atoms with Gasteiger partial charge in [0.05, 0.1) is 11.1 Å². The van der Waals surface area contributed by atoms with Crippen LogP contribution in [-0.2, 0) is 11.2 Å². The van der Waals surface area contributed by atoms with E-state index in [1.807, 2.05) is 43.3 Å². The Hall–Kier alpha value is -2.95. The predicted molar refractivity (Wildman–Crippen MR) is 98.9 cm³/mol. The molecule has 0 spiro atoms. The number of hydrogen-bond donors (Lipinski definition) is 1. The summed E-state index contributed by atoms with van der Waals surface area (Å²) in [6.45, 7) is 2.73. The van der Waals surface area contributed by atoms with Crippen molar-refractivity contribution in [2.24, 2.45) is 0 Å². The fourth-order valence-electron chi connectivity index (χ4n) is 3.08. The monoisotopic (exact) mass is 350 g/mol. The summed E-state index contributed by atoms with van der Waals surface area (Å²) in [7, 11) is 0. The molecule has 0 unspecified atom stereocenters. The maximum atomic E-state index is 12.4. The molecule has 0 bridgehead atoms. The smallest absolute Gasteiger partial charge is 0.261 e. The molecule has 0 fully saturated rings. The Morgan fingerprint density at radius 1 is 1.00 bits per heavy atom. The third kappa shape index (κ3) is 3.99. The van der Waals surface area contributed by atoms with E-state index in [9.17, 15) is 14.4 Å². The number of carbonyl (C=O) groups is 3. The van der Waals surface area contributed by atoms with Gasteiger partial charge in [0.15, 0.2) is 0 Å². The minimum Gasteiger partial charge on any atom is -0.356 e. The van der Waals surface area contributed by atoms with E-state index < -0.39 is 0 Å². The third-order valence-electron chi connectivity index (χ3n) is 4.49. The molecule has 0 radical (unpaired) electrons. The first-order valence-electron chi connectivity index (χ1n) is 8.84. The Kier molecular flexibility index (Phi) is 5.46. The lowest BCUT2D eigenvalue weighted by Crippen LogP contribution is -2.32. The molecule has 26 heavy (non-hydrogen) atoms. The molecule has 5 nitrogen and oxygen atoms in total. The molecule has 1 aliphatic heterocycles. The molecule has 0 saturated carbocycles. The predicted octanol–water partition coefficient (Wildman–Crippen LogP) is 2.73. The number of imide groups is 1. The highest BCUT2D eigenvalue weighted by atomic mass is 16.2. The lowest BCUT2D eigenvalue weighted by molar-refractivity contribution is -0.121. The minimum atomic E-state index is -0.269. The van der Waals surface area contributed by atoms with Crippen molar-refractivity contribution < 1.29 is 14.4 Å². The first kappa shape index (κ1) is 17.9. The van der Waals surface area contributed by atoms with Gasteiger partial charge in [-0.3, -0.25) is 19.3 Å². The van der Waals surface area contributed by atoms with Crippen molar-refractivity contribution in [3.05, 3.63) is 70.8 Å². The van der Waals surface area contributed by atoms with Gasteiger partial charge < -0.3 is 5.32 Å². The van der Waals surface area contributed by atoms with Crippen molar-refractivity contribution in [1.29, 1.82) is 0 Å². The van der Waals surface area contributed by atoms with Crippen LogP contribution in [0.25, 0.3) is 0 Å². The van der Waals surface area contributed by atoms with Crippen molar-refractivity contribution in [3.8, 4) is 0 Å². The summed E-state index contributed by atoms with van der Waals surface area (Å²) in [6.07, 6.45) is 1.53. The Morgan fingerprint density at radius 3 is 2.50 bits per heavy atom. The van der Waals surface area contributed by atoms with E-state index in [1.54, 1.807) is 12.1 Å². The fourth-order valence-corrected chi connectivity index (χ4v) is 3.08. The van der Waals surface area contributed by atoms with Crippen LogP contribution in [-0.4, -0.2) is 35.7 Å². The first-order valence-corrected chi connectivity index (χ1v) is 8.84. The summed E-state index contributed by atoms with van der Waals surface area (Å²) in [5.41, 5.74) is 3.04. The maximum absolute atomic E-state index is 12.4. The second-order valence-electron chi connectivity index (χ2n) is 6.50. The van der Waals surface area contributed by atoms with E-state index >= 15 is 0 Å². The summed E-state index contributed by atoms with van der Waals surface area (Å²) in [6, 6.07) is 15.2. The summed E-state index contributed by atoms with van der Waals surface area (Å²) in [5.74, 6) is -0.596. The topological polar surface area (TPSA) is 66.5 Å². The molecule has 2 aromatic rings. The minimum absolute atomic E-state index is 0.0617.